The molecule has 5 rings (SSSR count). The van der Waals surface area contributed by atoms with E-state index in [0.29, 0.717) is 45.3 Å². The molecule has 0 radical (unpaired) electrons. The van der Waals surface area contributed by atoms with Crippen LogP contribution in [0.1, 0.15) is 70.6 Å². The molecule has 0 heterocycles. The first-order valence-corrected chi connectivity index (χ1v) is 14.0. The van der Waals surface area contributed by atoms with Gasteiger partial charge in [-0.2, -0.15) is 0 Å². The Morgan fingerprint density at radius 3 is 2.26 bits per heavy atom. The molecule has 5 fully saturated rings. The zero-order chi connectivity index (χ0) is 24.3. The lowest BCUT2D eigenvalue weighted by molar-refractivity contribution is -0.137. The van der Waals surface area contributed by atoms with Crippen LogP contribution in [0.2, 0.25) is 0 Å². The van der Waals surface area contributed by atoms with Crippen molar-refractivity contribution in [2.75, 3.05) is 19.8 Å². The second kappa shape index (κ2) is 11.7. The Labute approximate surface area is 216 Å². The number of hydrogen-bond acceptors (Lipinski definition) is 5. The minimum absolute atomic E-state index is 0.0326. The number of aliphatic hydroxyl groups is 1. The minimum atomic E-state index is -1.09. The minimum Gasteiger partial charge on any atom is -0.391 e. The van der Waals surface area contributed by atoms with E-state index in [0.717, 1.165) is 32.1 Å². The van der Waals surface area contributed by atoms with E-state index in [4.69, 9.17) is 44.3 Å². The van der Waals surface area contributed by atoms with Gasteiger partial charge in [-0.25, -0.2) is 4.39 Å². The summed E-state index contributed by atoms with van der Waals surface area (Å²) in [4.78, 5) is 12.6. The van der Waals surface area contributed by atoms with Crippen molar-refractivity contribution in [2.45, 2.75) is 122 Å². The van der Waals surface area contributed by atoms with Gasteiger partial charge < -0.3 is 25.2 Å². The number of aliphatic hydroxyl groups excluding tert-OH is 1. The summed E-state index contributed by atoms with van der Waals surface area (Å²) in [5.74, 6) is -0.248. The fourth-order valence-corrected chi connectivity index (χ4v) is 6.95. The summed E-state index contributed by atoms with van der Waals surface area (Å²) >= 11 is 18.4. The molecule has 0 aromatic carbocycles. The summed E-state index contributed by atoms with van der Waals surface area (Å²) in [6.07, 6.45) is 6.01. The van der Waals surface area contributed by atoms with Crippen LogP contribution in [-0.2, 0) is 14.3 Å². The van der Waals surface area contributed by atoms with Crippen LogP contribution in [0.15, 0.2) is 0 Å². The summed E-state index contributed by atoms with van der Waals surface area (Å²) < 4.78 is 25.5. The summed E-state index contributed by atoms with van der Waals surface area (Å²) in [5.41, 5.74) is -0.725. The van der Waals surface area contributed by atoms with E-state index in [-0.39, 0.29) is 47.4 Å². The molecule has 7 atom stereocenters. The SMILES string of the molecule is O=C(COC1CCC(Cl)C(F)C1)NC12CCC(NCCOC3CCC(Cl)C(Cl)C3)(CC1)CC2O. The normalized spacial score (nSPS) is 44.7. The van der Waals surface area contributed by atoms with Crippen LogP contribution in [0.25, 0.3) is 0 Å². The number of carbonyl (C=O) groups excluding carboxylic acids is 1. The molecule has 0 spiro atoms. The van der Waals surface area contributed by atoms with Crippen molar-refractivity contribution in [3.8, 4) is 0 Å². The number of amides is 1. The maximum atomic E-state index is 13.8. The van der Waals surface area contributed by atoms with E-state index < -0.39 is 23.2 Å². The van der Waals surface area contributed by atoms with Crippen LogP contribution in [0, 0.1) is 0 Å². The van der Waals surface area contributed by atoms with Gasteiger partial charge in [-0.3, -0.25) is 4.79 Å². The van der Waals surface area contributed by atoms with Gasteiger partial charge in [0.1, 0.15) is 12.8 Å². The van der Waals surface area contributed by atoms with Crippen LogP contribution in [0.5, 0.6) is 0 Å². The first-order chi connectivity index (χ1) is 16.2. The van der Waals surface area contributed by atoms with Crippen molar-refractivity contribution in [3.05, 3.63) is 0 Å². The highest BCUT2D eigenvalue weighted by Gasteiger charge is 2.54. The zero-order valence-corrected chi connectivity index (χ0v) is 21.9. The maximum absolute atomic E-state index is 13.8. The van der Waals surface area contributed by atoms with Crippen molar-refractivity contribution < 1.29 is 23.8 Å². The molecule has 0 aromatic rings. The third-order valence-electron chi connectivity index (χ3n) is 8.41. The Kier molecular flexibility index (Phi) is 9.31. The largest absolute Gasteiger partial charge is 0.391 e. The van der Waals surface area contributed by atoms with Crippen LogP contribution >= 0.6 is 34.8 Å². The summed E-state index contributed by atoms with van der Waals surface area (Å²) in [7, 11) is 0. The Bertz CT molecular complexity index is 697. The molecule has 6 nitrogen and oxygen atoms in total. The highest BCUT2D eigenvalue weighted by Crippen LogP contribution is 2.47. The van der Waals surface area contributed by atoms with Crippen LogP contribution in [0.3, 0.4) is 0 Å². The predicted octanol–water partition coefficient (Wildman–Crippen LogP) is 3.81. The lowest BCUT2D eigenvalue weighted by atomic mass is 9.60. The molecule has 5 aliphatic carbocycles. The molecule has 5 aliphatic rings. The van der Waals surface area contributed by atoms with Crippen LogP contribution < -0.4 is 10.6 Å². The van der Waals surface area contributed by atoms with Crippen molar-refractivity contribution >= 4 is 40.7 Å². The second-order valence-electron chi connectivity index (χ2n) is 10.7. The molecule has 0 aromatic heterocycles. The summed E-state index contributed by atoms with van der Waals surface area (Å²) in [6, 6.07) is 0. The average Bonchev–Trinajstić information content (AvgIpc) is 2.81. The van der Waals surface area contributed by atoms with Crippen molar-refractivity contribution in [2.24, 2.45) is 0 Å². The number of halogens is 4. The van der Waals surface area contributed by atoms with Gasteiger partial charge in [-0.05, 0) is 64.2 Å². The lowest BCUT2D eigenvalue weighted by Gasteiger charge is -2.56. The molecule has 0 aliphatic heterocycles. The Balaban J connectivity index is 1.17. The fourth-order valence-electron chi connectivity index (χ4n) is 6.17. The van der Waals surface area contributed by atoms with E-state index >= 15 is 0 Å². The Morgan fingerprint density at radius 1 is 0.941 bits per heavy atom. The first kappa shape index (κ1) is 27.2. The highest BCUT2D eigenvalue weighted by molar-refractivity contribution is 6.30. The van der Waals surface area contributed by atoms with E-state index in [9.17, 15) is 14.3 Å². The number of hydrogen-bond donors (Lipinski definition) is 3. The van der Waals surface area contributed by atoms with E-state index in [1.807, 2.05) is 0 Å². The molecule has 1 amide bonds. The lowest BCUT2D eigenvalue weighted by Crippen LogP contribution is -2.70. The van der Waals surface area contributed by atoms with Crippen molar-refractivity contribution in [3.63, 3.8) is 0 Å². The monoisotopic (exact) mass is 542 g/mol. The molecular formula is C24H38Cl3FN2O4. The van der Waals surface area contributed by atoms with Crippen molar-refractivity contribution in [1.29, 1.82) is 0 Å². The maximum Gasteiger partial charge on any atom is 0.246 e. The van der Waals surface area contributed by atoms with Crippen molar-refractivity contribution in [1.82, 2.24) is 10.6 Å². The third kappa shape index (κ3) is 6.51. The summed E-state index contributed by atoms with van der Waals surface area (Å²) in [5, 5.41) is 17.2. The van der Waals surface area contributed by atoms with E-state index in [2.05, 4.69) is 10.6 Å². The van der Waals surface area contributed by atoms with Gasteiger partial charge in [-0.15, -0.1) is 34.8 Å². The number of rotatable bonds is 9. The van der Waals surface area contributed by atoms with Crippen LogP contribution in [0.4, 0.5) is 4.39 Å². The topological polar surface area (TPSA) is 79.8 Å². The Morgan fingerprint density at radius 2 is 1.62 bits per heavy atom. The zero-order valence-electron chi connectivity index (χ0n) is 19.6. The molecule has 5 saturated carbocycles. The number of carbonyl (C=O) groups is 1. The number of nitrogens with one attached hydrogen (secondary N) is 2. The van der Waals surface area contributed by atoms with Gasteiger partial charge in [0, 0.05) is 18.5 Å². The standard InChI is InChI=1S/C24H38Cl3FN2O4/c25-17-3-1-15(11-19(17)27)33-10-9-29-23-5-7-24(8-6-23,21(31)13-23)30-22(32)14-34-16-2-4-18(26)20(28)12-16/h15-21,29,31H,1-14H2,(H,30,32). The fraction of sp³-hybridized carbons (Fsp3) is 0.958. The molecule has 196 valence electrons. The molecule has 0 saturated heterocycles. The van der Waals surface area contributed by atoms with E-state index in [1.54, 1.807) is 0 Å². The molecule has 2 bridgehead atoms. The van der Waals surface area contributed by atoms with Gasteiger partial charge in [0.05, 0.1) is 46.6 Å². The van der Waals surface area contributed by atoms with Gasteiger partial charge >= 0.3 is 0 Å². The van der Waals surface area contributed by atoms with Crippen LogP contribution in [-0.4, -0.2) is 82.5 Å². The summed E-state index contributed by atoms with van der Waals surface area (Å²) in [6.45, 7) is 1.20. The molecule has 10 heteroatoms. The smallest absolute Gasteiger partial charge is 0.246 e. The molecule has 3 N–H and O–H groups in total. The predicted molar refractivity (Wildman–Crippen MR) is 132 cm³/mol. The van der Waals surface area contributed by atoms with E-state index in [1.165, 1.54) is 0 Å². The number of alkyl halides is 4. The molecule has 34 heavy (non-hydrogen) atoms. The molecule has 7 unspecified atom stereocenters. The van der Waals surface area contributed by atoms with Gasteiger partial charge in [0.15, 0.2) is 0 Å². The molecular weight excluding hydrogens is 506 g/mol. The number of ether oxygens (including phenoxy) is 2. The Hall–Kier alpha value is 0.110. The number of fused-ring (bicyclic) bond motifs is 3. The highest BCUT2D eigenvalue weighted by atomic mass is 35.5. The van der Waals surface area contributed by atoms with Gasteiger partial charge in [0.25, 0.3) is 0 Å². The third-order valence-corrected chi connectivity index (χ3v) is 10.0. The van der Waals surface area contributed by atoms with Gasteiger partial charge in [-0.1, -0.05) is 0 Å². The second-order valence-corrected chi connectivity index (χ2v) is 12.4. The quantitative estimate of drug-likeness (QED) is 0.304. The van der Waals surface area contributed by atoms with Gasteiger partial charge in [0.2, 0.25) is 5.91 Å². The average molecular weight is 544 g/mol. The first-order valence-electron chi connectivity index (χ1n) is 12.7.